The predicted molar refractivity (Wildman–Crippen MR) is 68.8 cm³/mol. The van der Waals surface area contributed by atoms with Crippen LogP contribution in [0, 0.1) is 5.82 Å². The first-order valence-corrected chi connectivity index (χ1v) is 7.25. The van der Waals surface area contributed by atoms with Crippen LogP contribution < -0.4 is 5.32 Å². The van der Waals surface area contributed by atoms with E-state index in [2.05, 4.69) is 5.32 Å². The quantitative estimate of drug-likeness (QED) is 0.835. The average molecular weight is 255 g/mol. The van der Waals surface area contributed by atoms with Crippen LogP contribution in [-0.4, -0.2) is 21.3 Å². The molecule has 1 aliphatic heterocycles. The molecule has 2 rings (SSSR count). The Balaban J connectivity index is 2.28. The summed E-state index contributed by atoms with van der Waals surface area (Å²) < 4.78 is 25.4. The van der Waals surface area contributed by atoms with E-state index in [1.54, 1.807) is 6.07 Å². The van der Waals surface area contributed by atoms with Gasteiger partial charge in [-0.15, -0.1) is 0 Å². The minimum absolute atomic E-state index is 0.00861. The molecule has 4 heteroatoms. The summed E-state index contributed by atoms with van der Waals surface area (Å²) in [5, 5.41) is 3.59. The van der Waals surface area contributed by atoms with E-state index in [4.69, 9.17) is 0 Å². The topological polar surface area (TPSA) is 29.1 Å². The molecule has 0 radical (unpaired) electrons. The largest absolute Gasteiger partial charge is 0.309 e. The molecule has 1 saturated heterocycles. The third kappa shape index (κ3) is 2.75. The van der Waals surface area contributed by atoms with Gasteiger partial charge in [0.1, 0.15) is 5.82 Å². The van der Waals surface area contributed by atoms with Crippen molar-refractivity contribution in [1.82, 2.24) is 5.32 Å². The first-order valence-electron chi connectivity index (χ1n) is 5.98. The highest BCUT2D eigenvalue weighted by Crippen LogP contribution is 2.26. The molecule has 1 fully saturated rings. The van der Waals surface area contributed by atoms with Crippen LogP contribution in [0.4, 0.5) is 4.39 Å². The van der Waals surface area contributed by atoms with Gasteiger partial charge >= 0.3 is 0 Å². The Morgan fingerprint density at radius 2 is 2.18 bits per heavy atom. The third-order valence-electron chi connectivity index (χ3n) is 3.36. The Morgan fingerprint density at radius 1 is 1.41 bits per heavy atom. The highest BCUT2D eigenvalue weighted by Gasteiger charge is 2.30. The Kier molecular flexibility index (Phi) is 3.94. The van der Waals surface area contributed by atoms with E-state index in [0.717, 1.165) is 18.5 Å². The number of nitrogens with one attached hydrogen (secondary N) is 1. The summed E-state index contributed by atoms with van der Waals surface area (Å²) in [4.78, 5) is 0. The van der Waals surface area contributed by atoms with Crippen LogP contribution in [-0.2, 0) is 10.8 Å². The molecule has 0 aliphatic carbocycles. The van der Waals surface area contributed by atoms with Crippen molar-refractivity contribution in [3.63, 3.8) is 0 Å². The number of hydrogen-bond donors (Lipinski definition) is 1. The summed E-state index contributed by atoms with van der Waals surface area (Å²) in [7, 11) is -0.869. The second-order valence-electron chi connectivity index (χ2n) is 4.62. The maximum atomic E-state index is 13.2. The second-order valence-corrected chi connectivity index (χ2v) is 6.83. The van der Waals surface area contributed by atoms with Gasteiger partial charge < -0.3 is 5.32 Å². The zero-order valence-electron chi connectivity index (χ0n) is 10.2. The maximum Gasteiger partial charge on any atom is 0.123 e. The molecule has 0 bridgehead atoms. The molecule has 4 atom stereocenters. The van der Waals surface area contributed by atoms with E-state index in [1.807, 2.05) is 19.9 Å². The van der Waals surface area contributed by atoms with Crippen LogP contribution in [0.25, 0.3) is 0 Å². The number of hydrogen-bond acceptors (Lipinski definition) is 2. The standard InChI is InChI=1S/C13H18FNOS/c1-9-6-7-15-13(10(2)17(9)16)11-4-3-5-12(14)8-11/h3-5,8-10,13,15H,6-7H2,1-2H3. The average Bonchev–Trinajstić information content (AvgIpc) is 2.43. The molecule has 1 N–H and O–H groups in total. The van der Waals surface area contributed by atoms with Crippen molar-refractivity contribution in [2.24, 2.45) is 0 Å². The van der Waals surface area contributed by atoms with Gasteiger partial charge in [-0.3, -0.25) is 4.21 Å². The zero-order chi connectivity index (χ0) is 12.4. The SMILES string of the molecule is CC1CCNC(c2cccc(F)c2)C(C)S1=O. The Morgan fingerprint density at radius 3 is 2.88 bits per heavy atom. The van der Waals surface area contributed by atoms with Gasteiger partial charge in [0.15, 0.2) is 0 Å². The summed E-state index contributed by atoms with van der Waals surface area (Å²) in [5.74, 6) is -0.237. The lowest BCUT2D eigenvalue weighted by molar-refractivity contribution is 0.526. The third-order valence-corrected chi connectivity index (χ3v) is 5.39. The van der Waals surface area contributed by atoms with Gasteiger partial charge in [0.25, 0.3) is 0 Å². The van der Waals surface area contributed by atoms with Gasteiger partial charge in [0.05, 0.1) is 5.25 Å². The summed E-state index contributed by atoms with van der Waals surface area (Å²) in [6.45, 7) is 4.82. The highest BCUT2D eigenvalue weighted by atomic mass is 32.2. The molecule has 0 saturated carbocycles. The molecule has 4 unspecified atom stereocenters. The number of rotatable bonds is 1. The van der Waals surface area contributed by atoms with Crippen molar-refractivity contribution >= 4 is 10.8 Å². The van der Waals surface area contributed by atoms with Gasteiger partial charge in [0, 0.05) is 22.1 Å². The molecular formula is C13H18FNOS. The first-order chi connectivity index (χ1) is 8.09. The maximum absolute atomic E-state index is 13.2. The fourth-order valence-corrected chi connectivity index (χ4v) is 3.92. The van der Waals surface area contributed by atoms with Crippen molar-refractivity contribution in [3.05, 3.63) is 35.6 Å². The van der Waals surface area contributed by atoms with Crippen molar-refractivity contribution in [2.45, 2.75) is 36.8 Å². The van der Waals surface area contributed by atoms with Gasteiger partial charge in [-0.25, -0.2) is 4.39 Å². The van der Waals surface area contributed by atoms with Crippen LogP contribution in [0.5, 0.6) is 0 Å². The van der Waals surface area contributed by atoms with Crippen molar-refractivity contribution in [1.29, 1.82) is 0 Å². The van der Waals surface area contributed by atoms with E-state index < -0.39 is 10.8 Å². The molecule has 1 heterocycles. The Bertz CT molecular complexity index is 424. The van der Waals surface area contributed by atoms with Crippen LogP contribution in [0.2, 0.25) is 0 Å². The van der Waals surface area contributed by atoms with Gasteiger partial charge in [0.2, 0.25) is 0 Å². The van der Waals surface area contributed by atoms with Crippen LogP contribution in [0.3, 0.4) is 0 Å². The molecule has 1 aromatic carbocycles. The van der Waals surface area contributed by atoms with Gasteiger partial charge in [-0.1, -0.05) is 19.1 Å². The molecule has 1 aliphatic rings. The Hall–Kier alpha value is -0.740. The van der Waals surface area contributed by atoms with Gasteiger partial charge in [-0.2, -0.15) is 0 Å². The lowest BCUT2D eigenvalue weighted by atomic mass is 10.0. The summed E-state index contributed by atoms with van der Waals surface area (Å²) in [6.07, 6.45) is 0.906. The van der Waals surface area contributed by atoms with Crippen molar-refractivity contribution < 1.29 is 8.60 Å². The highest BCUT2D eigenvalue weighted by molar-refractivity contribution is 7.86. The monoisotopic (exact) mass is 255 g/mol. The molecule has 0 aromatic heterocycles. The second kappa shape index (κ2) is 5.27. The van der Waals surface area contributed by atoms with E-state index >= 15 is 0 Å². The lowest BCUT2D eigenvalue weighted by Crippen LogP contribution is -2.31. The molecule has 17 heavy (non-hydrogen) atoms. The Labute approximate surface area is 104 Å². The summed E-state index contributed by atoms with van der Waals surface area (Å²) >= 11 is 0. The van der Waals surface area contributed by atoms with Gasteiger partial charge in [-0.05, 0) is 37.6 Å². The molecule has 2 nitrogen and oxygen atoms in total. The van der Waals surface area contributed by atoms with Crippen molar-refractivity contribution in [2.75, 3.05) is 6.54 Å². The van der Waals surface area contributed by atoms with Crippen molar-refractivity contribution in [3.8, 4) is 0 Å². The van der Waals surface area contributed by atoms with E-state index in [9.17, 15) is 8.60 Å². The molecule has 94 valence electrons. The summed E-state index contributed by atoms with van der Waals surface area (Å²) in [5.41, 5.74) is 0.889. The smallest absolute Gasteiger partial charge is 0.123 e. The summed E-state index contributed by atoms with van der Waals surface area (Å²) in [6, 6.07) is 6.54. The molecule has 1 aromatic rings. The first kappa shape index (κ1) is 12.7. The minimum atomic E-state index is -0.869. The molecule has 0 amide bonds. The minimum Gasteiger partial charge on any atom is -0.309 e. The van der Waals surface area contributed by atoms with E-state index in [1.165, 1.54) is 12.1 Å². The zero-order valence-corrected chi connectivity index (χ0v) is 11.0. The fraction of sp³-hybridized carbons (Fsp3) is 0.538. The molecule has 0 spiro atoms. The lowest BCUT2D eigenvalue weighted by Gasteiger charge is -2.23. The predicted octanol–water partition coefficient (Wildman–Crippen LogP) is 2.39. The van der Waals surface area contributed by atoms with Crippen LogP contribution in [0.1, 0.15) is 31.9 Å². The normalized spacial score (nSPS) is 34.3. The van der Waals surface area contributed by atoms with E-state index in [-0.39, 0.29) is 22.4 Å². The molecular weight excluding hydrogens is 237 g/mol. The number of halogens is 1. The van der Waals surface area contributed by atoms with Crippen LogP contribution in [0.15, 0.2) is 24.3 Å². The fourth-order valence-electron chi connectivity index (χ4n) is 2.31. The number of benzene rings is 1. The van der Waals surface area contributed by atoms with Crippen LogP contribution >= 0.6 is 0 Å². The van der Waals surface area contributed by atoms with E-state index in [0.29, 0.717) is 0 Å².